The molecule has 1 aromatic carbocycles. The summed E-state index contributed by atoms with van der Waals surface area (Å²) in [6.45, 7) is 7.10. The standard InChI is InChI=1S/C23H32FN7O2/c1-13(2)10-19(14(3)25)29-23-17(24)11-15(21(26)32)22(30-23)28-18-6-5-7-20-16(18)12-27-31(20)8-9-33-4/h5-7,11-14,19H,8-10,25H2,1-4H3,(H2,26,32)(H2,28,29,30)/t14-,19+/m0/s1. The molecule has 178 valence electrons. The Morgan fingerprint density at radius 3 is 2.67 bits per heavy atom. The molecule has 33 heavy (non-hydrogen) atoms. The van der Waals surface area contributed by atoms with E-state index in [0.29, 0.717) is 24.8 Å². The molecule has 0 unspecified atom stereocenters. The predicted octanol–water partition coefficient (Wildman–Crippen LogP) is 3.23. The van der Waals surface area contributed by atoms with Gasteiger partial charge in [-0.3, -0.25) is 9.48 Å². The second kappa shape index (κ2) is 10.6. The van der Waals surface area contributed by atoms with Gasteiger partial charge in [-0.25, -0.2) is 9.37 Å². The van der Waals surface area contributed by atoms with Crippen LogP contribution in [-0.4, -0.2) is 46.5 Å². The van der Waals surface area contributed by atoms with Gasteiger partial charge in [-0.15, -0.1) is 0 Å². The Labute approximate surface area is 192 Å². The Morgan fingerprint density at radius 2 is 2.03 bits per heavy atom. The number of hydrogen-bond donors (Lipinski definition) is 4. The van der Waals surface area contributed by atoms with E-state index in [1.165, 1.54) is 0 Å². The lowest BCUT2D eigenvalue weighted by molar-refractivity contribution is 0.100. The summed E-state index contributed by atoms with van der Waals surface area (Å²) < 4.78 is 21.8. The van der Waals surface area contributed by atoms with Gasteiger partial charge in [-0.1, -0.05) is 19.9 Å². The zero-order valence-corrected chi connectivity index (χ0v) is 19.4. The molecule has 2 heterocycles. The van der Waals surface area contributed by atoms with Crippen LogP contribution in [-0.2, 0) is 11.3 Å². The Kier molecular flexibility index (Phi) is 7.83. The molecule has 2 aromatic heterocycles. The third kappa shape index (κ3) is 5.77. The molecule has 3 rings (SSSR count). The Morgan fingerprint density at radius 1 is 1.27 bits per heavy atom. The number of carbonyl (C=O) groups excluding carboxylic acids is 1. The van der Waals surface area contributed by atoms with Crippen LogP contribution in [0.1, 0.15) is 37.6 Å². The van der Waals surface area contributed by atoms with Crippen molar-refractivity contribution in [3.8, 4) is 0 Å². The second-order valence-corrected chi connectivity index (χ2v) is 8.54. The largest absolute Gasteiger partial charge is 0.383 e. The summed E-state index contributed by atoms with van der Waals surface area (Å²) >= 11 is 0. The maximum atomic E-state index is 14.8. The summed E-state index contributed by atoms with van der Waals surface area (Å²) in [7, 11) is 1.63. The summed E-state index contributed by atoms with van der Waals surface area (Å²) in [6.07, 6.45) is 2.45. The zero-order chi connectivity index (χ0) is 24.1. The van der Waals surface area contributed by atoms with E-state index in [9.17, 15) is 9.18 Å². The number of nitrogens with two attached hydrogens (primary N) is 2. The van der Waals surface area contributed by atoms with E-state index in [1.54, 1.807) is 13.3 Å². The SMILES string of the molecule is COCCn1ncc2c(Nc3nc(N[C@H](CC(C)C)[C@H](C)N)c(F)cc3C(N)=O)cccc21. The van der Waals surface area contributed by atoms with Gasteiger partial charge in [0, 0.05) is 24.6 Å². The lowest BCUT2D eigenvalue weighted by atomic mass is 9.99. The van der Waals surface area contributed by atoms with Crippen molar-refractivity contribution in [1.82, 2.24) is 14.8 Å². The molecule has 0 aliphatic rings. The summed E-state index contributed by atoms with van der Waals surface area (Å²) in [5.41, 5.74) is 13.1. The van der Waals surface area contributed by atoms with E-state index >= 15 is 0 Å². The first-order chi connectivity index (χ1) is 15.7. The summed E-state index contributed by atoms with van der Waals surface area (Å²) in [5, 5.41) is 11.5. The van der Waals surface area contributed by atoms with Gasteiger partial charge in [0.2, 0.25) is 0 Å². The number of fused-ring (bicyclic) bond motifs is 1. The molecule has 0 aliphatic heterocycles. The maximum absolute atomic E-state index is 14.8. The molecule has 0 radical (unpaired) electrons. The number of ether oxygens (including phenoxy) is 1. The van der Waals surface area contributed by atoms with Crippen molar-refractivity contribution >= 4 is 34.1 Å². The molecule has 0 fully saturated rings. The fourth-order valence-electron chi connectivity index (χ4n) is 3.66. The van der Waals surface area contributed by atoms with Gasteiger partial charge < -0.3 is 26.8 Å². The number of benzene rings is 1. The van der Waals surface area contributed by atoms with Crippen LogP contribution >= 0.6 is 0 Å². The lowest BCUT2D eigenvalue weighted by Crippen LogP contribution is -2.39. The number of primary amides is 1. The third-order valence-electron chi connectivity index (χ3n) is 5.37. The number of nitrogens with one attached hydrogen (secondary N) is 2. The van der Waals surface area contributed by atoms with Crippen LogP contribution < -0.4 is 22.1 Å². The van der Waals surface area contributed by atoms with Crippen LogP contribution in [0.5, 0.6) is 0 Å². The van der Waals surface area contributed by atoms with Gasteiger partial charge in [0.15, 0.2) is 11.6 Å². The molecule has 1 amide bonds. The van der Waals surface area contributed by atoms with Crippen LogP contribution in [0.25, 0.3) is 10.9 Å². The highest BCUT2D eigenvalue weighted by Crippen LogP contribution is 2.29. The smallest absolute Gasteiger partial charge is 0.252 e. The first kappa shape index (κ1) is 24.4. The number of halogens is 1. The molecule has 0 spiro atoms. The van der Waals surface area contributed by atoms with Crippen LogP contribution in [0.2, 0.25) is 0 Å². The van der Waals surface area contributed by atoms with Crippen molar-refractivity contribution in [2.75, 3.05) is 24.4 Å². The highest BCUT2D eigenvalue weighted by atomic mass is 19.1. The zero-order valence-electron chi connectivity index (χ0n) is 19.4. The molecular weight excluding hydrogens is 425 g/mol. The van der Waals surface area contributed by atoms with Crippen molar-refractivity contribution in [2.24, 2.45) is 17.4 Å². The topological polar surface area (TPSA) is 133 Å². The molecule has 10 heteroatoms. The molecule has 3 aromatic rings. The first-order valence-electron chi connectivity index (χ1n) is 10.9. The van der Waals surface area contributed by atoms with Gasteiger partial charge in [-0.2, -0.15) is 5.10 Å². The van der Waals surface area contributed by atoms with E-state index in [0.717, 1.165) is 23.4 Å². The minimum Gasteiger partial charge on any atom is -0.383 e. The number of methoxy groups -OCH3 is 1. The minimum absolute atomic E-state index is 0.00779. The van der Waals surface area contributed by atoms with E-state index in [4.69, 9.17) is 16.2 Å². The quantitative estimate of drug-likeness (QED) is 0.347. The predicted molar refractivity (Wildman–Crippen MR) is 128 cm³/mol. The van der Waals surface area contributed by atoms with Crippen molar-refractivity contribution in [1.29, 1.82) is 0 Å². The minimum atomic E-state index is -0.788. The van der Waals surface area contributed by atoms with E-state index in [1.807, 2.05) is 29.8 Å². The van der Waals surface area contributed by atoms with Gasteiger partial charge in [0.05, 0.1) is 36.1 Å². The number of rotatable bonds is 11. The van der Waals surface area contributed by atoms with Gasteiger partial charge in [0.1, 0.15) is 5.82 Å². The normalized spacial score (nSPS) is 13.3. The molecule has 0 saturated carbocycles. The van der Waals surface area contributed by atoms with E-state index in [-0.39, 0.29) is 29.3 Å². The second-order valence-electron chi connectivity index (χ2n) is 8.54. The molecule has 0 aliphatic carbocycles. The molecule has 0 bridgehead atoms. The Hall–Kier alpha value is -3.24. The Balaban J connectivity index is 1.99. The molecule has 6 N–H and O–H groups in total. The summed E-state index contributed by atoms with van der Waals surface area (Å²) in [6, 6.07) is 6.29. The number of hydrogen-bond acceptors (Lipinski definition) is 7. The van der Waals surface area contributed by atoms with Crippen LogP contribution in [0, 0.1) is 11.7 Å². The van der Waals surface area contributed by atoms with E-state index < -0.39 is 11.7 Å². The van der Waals surface area contributed by atoms with Crippen LogP contribution in [0.4, 0.5) is 21.7 Å². The summed E-state index contributed by atoms with van der Waals surface area (Å²) in [5.74, 6) is -0.949. The number of amides is 1. The number of aromatic nitrogens is 3. The number of carbonyl (C=O) groups is 1. The van der Waals surface area contributed by atoms with E-state index in [2.05, 4.69) is 34.6 Å². The molecule has 9 nitrogen and oxygen atoms in total. The number of nitrogens with zero attached hydrogens (tertiary/aromatic N) is 3. The first-order valence-corrected chi connectivity index (χ1v) is 10.9. The van der Waals surface area contributed by atoms with Gasteiger partial charge in [-0.05, 0) is 37.5 Å². The number of pyridine rings is 1. The van der Waals surface area contributed by atoms with Crippen LogP contribution in [0.3, 0.4) is 0 Å². The third-order valence-corrected chi connectivity index (χ3v) is 5.37. The summed E-state index contributed by atoms with van der Waals surface area (Å²) in [4.78, 5) is 16.4. The van der Waals surface area contributed by atoms with Gasteiger partial charge in [0.25, 0.3) is 5.91 Å². The van der Waals surface area contributed by atoms with Crippen molar-refractivity contribution in [3.63, 3.8) is 0 Å². The molecule has 0 saturated heterocycles. The lowest BCUT2D eigenvalue weighted by Gasteiger charge is -2.25. The fourth-order valence-corrected chi connectivity index (χ4v) is 3.66. The molecular formula is C23H32FN7O2. The average Bonchev–Trinajstić information content (AvgIpc) is 3.17. The average molecular weight is 458 g/mol. The van der Waals surface area contributed by atoms with Crippen molar-refractivity contribution in [2.45, 2.75) is 45.8 Å². The van der Waals surface area contributed by atoms with Crippen LogP contribution in [0.15, 0.2) is 30.5 Å². The monoisotopic (exact) mass is 457 g/mol. The highest BCUT2D eigenvalue weighted by molar-refractivity contribution is 6.00. The maximum Gasteiger partial charge on any atom is 0.252 e. The number of anilines is 3. The highest BCUT2D eigenvalue weighted by Gasteiger charge is 2.21. The van der Waals surface area contributed by atoms with Crippen molar-refractivity contribution in [3.05, 3.63) is 41.8 Å². The fraction of sp³-hybridized carbons (Fsp3) is 0.435. The Bertz CT molecular complexity index is 1110. The molecule has 2 atom stereocenters. The van der Waals surface area contributed by atoms with Gasteiger partial charge >= 0.3 is 0 Å². The van der Waals surface area contributed by atoms with Crippen molar-refractivity contribution < 1.29 is 13.9 Å².